The maximum atomic E-state index is 11.6. The molecular formula is C10H20N2O3. The summed E-state index contributed by atoms with van der Waals surface area (Å²) >= 11 is 0. The van der Waals surface area contributed by atoms with Crippen molar-refractivity contribution in [1.29, 1.82) is 0 Å². The van der Waals surface area contributed by atoms with Gasteiger partial charge in [-0.25, -0.2) is 0 Å². The van der Waals surface area contributed by atoms with Crippen LogP contribution in [0.2, 0.25) is 0 Å². The molecule has 0 bridgehead atoms. The first kappa shape index (κ1) is 12.4. The molecule has 0 unspecified atom stereocenters. The number of hydrogen-bond donors (Lipinski definition) is 3. The molecule has 5 heteroatoms. The smallest absolute Gasteiger partial charge is 0.236 e. The van der Waals surface area contributed by atoms with Gasteiger partial charge in [0.2, 0.25) is 5.91 Å². The zero-order valence-electron chi connectivity index (χ0n) is 9.36. The van der Waals surface area contributed by atoms with Crippen LogP contribution in [0.4, 0.5) is 0 Å². The van der Waals surface area contributed by atoms with Crippen molar-refractivity contribution < 1.29 is 15.0 Å². The van der Waals surface area contributed by atoms with Gasteiger partial charge in [-0.15, -0.1) is 0 Å². The van der Waals surface area contributed by atoms with Crippen LogP contribution in [-0.2, 0) is 4.79 Å². The van der Waals surface area contributed by atoms with E-state index in [2.05, 4.69) is 5.32 Å². The third-order valence-corrected chi connectivity index (χ3v) is 2.85. The first-order valence-corrected chi connectivity index (χ1v) is 5.25. The SMILES string of the molecule is CN(C(=O)CNC(C)(CO)CO)C1CC1. The van der Waals surface area contributed by atoms with Gasteiger partial charge < -0.3 is 15.1 Å². The van der Waals surface area contributed by atoms with E-state index in [0.29, 0.717) is 6.04 Å². The molecule has 1 saturated carbocycles. The highest BCUT2D eigenvalue weighted by Gasteiger charge is 2.30. The first-order valence-electron chi connectivity index (χ1n) is 5.25. The van der Waals surface area contributed by atoms with Crippen molar-refractivity contribution in [3.8, 4) is 0 Å². The average molecular weight is 216 g/mol. The van der Waals surface area contributed by atoms with Gasteiger partial charge in [0.1, 0.15) is 0 Å². The fraction of sp³-hybridized carbons (Fsp3) is 0.900. The number of rotatable bonds is 6. The van der Waals surface area contributed by atoms with Crippen LogP contribution in [-0.4, -0.2) is 59.4 Å². The molecule has 1 fully saturated rings. The summed E-state index contributed by atoms with van der Waals surface area (Å²) in [5.41, 5.74) is -0.778. The number of nitrogens with one attached hydrogen (secondary N) is 1. The monoisotopic (exact) mass is 216 g/mol. The van der Waals surface area contributed by atoms with Crippen LogP contribution in [0.1, 0.15) is 19.8 Å². The van der Waals surface area contributed by atoms with Crippen molar-refractivity contribution >= 4 is 5.91 Å². The van der Waals surface area contributed by atoms with E-state index in [9.17, 15) is 4.79 Å². The largest absolute Gasteiger partial charge is 0.394 e. The Morgan fingerprint density at radius 1 is 1.47 bits per heavy atom. The highest BCUT2D eigenvalue weighted by molar-refractivity contribution is 5.78. The predicted molar refractivity (Wildman–Crippen MR) is 56.4 cm³/mol. The van der Waals surface area contributed by atoms with Gasteiger partial charge in [0.15, 0.2) is 0 Å². The molecule has 3 N–H and O–H groups in total. The summed E-state index contributed by atoms with van der Waals surface area (Å²) in [5.74, 6) is 0.00521. The number of hydrogen-bond acceptors (Lipinski definition) is 4. The number of aliphatic hydroxyl groups excluding tert-OH is 2. The summed E-state index contributed by atoms with van der Waals surface area (Å²) < 4.78 is 0. The second-order valence-electron chi connectivity index (χ2n) is 4.47. The third-order valence-electron chi connectivity index (χ3n) is 2.85. The molecule has 0 saturated heterocycles. The summed E-state index contributed by atoms with van der Waals surface area (Å²) in [6.45, 7) is 1.45. The minimum absolute atomic E-state index is 0.00521. The Morgan fingerprint density at radius 2 is 2.00 bits per heavy atom. The second-order valence-corrected chi connectivity index (χ2v) is 4.47. The van der Waals surface area contributed by atoms with Gasteiger partial charge in [-0.2, -0.15) is 0 Å². The lowest BCUT2D eigenvalue weighted by Crippen LogP contribution is -2.52. The van der Waals surface area contributed by atoms with E-state index in [4.69, 9.17) is 10.2 Å². The molecule has 0 aromatic heterocycles. The lowest BCUT2D eigenvalue weighted by molar-refractivity contribution is -0.130. The predicted octanol–water partition coefficient (Wildman–Crippen LogP) is -1.06. The molecule has 0 aromatic carbocycles. The molecule has 1 aliphatic rings. The highest BCUT2D eigenvalue weighted by Crippen LogP contribution is 2.25. The molecule has 15 heavy (non-hydrogen) atoms. The molecule has 0 spiro atoms. The van der Waals surface area contributed by atoms with Crippen molar-refractivity contribution in [3.63, 3.8) is 0 Å². The van der Waals surface area contributed by atoms with E-state index >= 15 is 0 Å². The fourth-order valence-electron chi connectivity index (χ4n) is 1.24. The maximum Gasteiger partial charge on any atom is 0.236 e. The topological polar surface area (TPSA) is 72.8 Å². The normalized spacial score (nSPS) is 16.5. The van der Waals surface area contributed by atoms with Crippen molar-refractivity contribution in [2.75, 3.05) is 26.8 Å². The van der Waals surface area contributed by atoms with Crippen LogP contribution in [0.25, 0.3) is 0 Å². The minimum Gasteiger partial charge on any atom is -0.394 e. The Kier molecular flexibility index (Phi) is 4.07. The van der Waals surface area contributed by atoms with Gasteiger partial charge in [-0.1, -0.05) is 0 Å². The Bertz CT molecular complexity index is 225. The van der Waals surface area contributed by atoms with Gasteiger partial charge in [0.25, 0.3) is 0 Å². The number of carbonyl (C=O) groups excluding carboxylic acids is 1. The molecule has 1 aliphatic carbocycles. The average Bonchev–Trinajstić information content (AvgIpc) is 3.08. The van der Waals surface area contributed by atoms with Crippen molar-refractivity contribution in [1.82, 2.24) is 10.2 Å². The molecular weight excluding hydrogens is 196 g/mol. The minimum atomic E-state index is -0.778. The standard InChI is InChI=1S/C10H20N2O3/c1-10(6-13,7-14)11-5-9(15)12(2)8-3-4-8/h8,11,13-14H,3-7H2,1-2H3. The molecule has 0 aromatic rings. The molecule has 0 radical (unpaired) electrons. The van der Waals surface area contributed by atoms with E-state index in [-0.39, 0.29) is 25.7 Å². The van der Waals surface area contributed by atoms with Crippen LogP contribution in [0.3, 0.4) is 0 Å². The van der Waals surface area contributed by atoms with Crippen molar-refractivity contribution in [2.24, 2.45) is 0 Å². The maximum absolute atomic E-state index is 11.6. The Morgan fingerprint density at radius 3 is 2.40 bits per heavy atom. The van der Waals surface area contributed by atoms with Crippen LogP contribution in [0, 0.1) is 0 Å². The molecule has 1 amide bonds. The van der Waals surface area contributed by atoms with Crippen LogP contribution in [0.15, 0.2) is 0 Å². The van der Waals surface area contributed by atoms with Crippen LogP contribution in [0.5, 0.6) is 0 Å². The number of amides is 1. The van der Waals surface area contributed by atoms with Crippen LogP contribution >= 0.6 is 0 Å². The highest BCUT2D eigenvalue weighted by atomic mass is 16.3. The van der Waals surface area contributed by atoms with E-state index < -0.39 is 5.54 Å². The van der Waals surface area contributed by atoms with E-state index in [1.165, 1.54) is 0 Å². The summed E-state index contributed by atoms with van der Waals surface area (Å²) in [6, 6.07) is 0.397. The van der Waals surface area contributed by atoms with Crippen molar-refractivity contribution in [2.45, 2.75) is 31.3 Å². The molecule has 5 nitrogen and oxygen atoms in total. The molecule has 0 aliphatic heterocycles. The number of likely N-dealkylation sites (N-methyl/N-ethyl adjacent to an activating group) is 1. The third kappa shape index (κ3) is 3.44. The van der Waals surface area contributed by atoms with Gasteiger partial charge in [0.05, 0.1) is 25.3 Å². The van der Waals surface area contributed by atoms with Crippen LogP contribution < -0.4 is 5.32 Å². The molecule has 1 rings (SSSR count). The van der Waals surface area contributed by atoms with Gasteiger partial charge in [0, 0.05) is 13.1 Å². The van der Waals surface area contributed by atoms with Gasteiger partial charge in [-0.3, -0.25) is 10.1 Å². The molecule has 0 heterocycles. The Hall–Kier alpha value is -0.650. The lowest BCUT2D eigenvalue weighted by atomic mass is 10.1. The number of nitrogens with zero attached hydrogens (tertiary/aromatic N) is 1. The summed E-state index contributed by atoms with van der Waals surface area (Å²) in [5, 5.41) is 20.9. The Labute approximate surface area is 90.1 Å². The second kappa shape index (κ2) is 4.92. The summed E-state index contributed by atoms with van der Waals surface area (Å²) in [6.07, 6.45) is 2.17. The summed E-state index contributed by atoms with van der Waals surface area (Å²) in [4.78, 5) is 13.3. The first-order chi connectivity index (χ1) is 7.02. The van der Waals surface area contributed by atoms with E-state index in [1.54, 1.807) is 18.9 Å². The summed E-state index contributed by atoms with van der Waals surface area (Å²) in [7, 11) is 1.79. The zero-order valence-corrected chi connectivity index (χ0v) is 9.36. The fourth-order valence-corrected chi connectivity index (χ4v) is 1.24. The van der Waals surface area contributed by atoms with E-state index in [1.807, 2.05) is 0 Å². The van der Waals surface area contributed by atoms with Gasteiger partial charge >= 0.3 is 0 Å². The van der Waals surface area contributed by atoms with Crippen molar-refractivity contribution in [3.05, 3.63) is 0 Å². The number of aliphatic hydroxyl groups is 2. The lowest BCUT2D eigenvalue weighted by Gasteiger charge is -2.27. The Balaban J connectivity index is 2.31. The van der Waals surface area contributed by atoms with Gasteiger partial charge in [-0.05, 0) is 19.8 Å². The van der Waals surface area contributed by atoms with E-state index in [0.717, 1.165) is 12.8 Å². The zero-order chi connectivity index (χ0) is 11.5. The molecule has 88 valence electrons. The molecule has 0 atom stereocenters. The quantitative estimate of drug-likeness (QED) is 0.529. The number of carbonyl (C=O) groups is 1.